The molecule has 0 aliphatic carbocycles. The molecule has 1 unspecified atom stereocenters. The lowest BCUT2D eigenvalue weighted by Gasteiger charge is -2.17. The summed E-state index contributed by atoms with van der Waals surface area (Å²) in [6.45, 7) is -0.0738. The molecule has 0 radical (unpaired) electrons. The number of hydrogen-bond donors (Lipinski definition) is 1. The molecule has 1 aliphatic rings. The Morgan fingerprint density at radius 1 is 1.30 bits per heavy atom. The zero-order valence-electron chi connectivity index (χ0n) is 13.6. The largest absolute Gasteiger partial charge is 0.323 e. The van der Waals surface area contributed by atoms with Gasteiger partial charge in [-0.15, -0.1) is 0 Å². The molecule has 1 atom stereocenters. The second-order valence-corrected chi connectivity index (χ2v) is 6.30. The number of carbonyl (C=O) groups is 2. The van der Waals surface area contributed by atoms with Gasteiger partial charge in [-0.05, 0) is 24.3 Å². The Hall–Kier alpha value is -3.07. The summed E-state index contributed by atoms with van der Waals surface area (Å²) in [4.78, 5) is 35.7. The molecule has 140 valence electrons. The summed E-state index contributed by atoms with van der Waals surface area (Å²) in [6.07, 6.45) is -0.167. The maximum atomic E-state index is 13.9. The van der Waals surface area contributed by atoms with Gasteiger partial charge in [0.05, 0.1) is 27.2 Å². The third kappa shape index (κ3) is 3.72. The molecule has 1 N–H and O–H groups in total. The number of nitrogens with one attached hydrogen (secondary N) is 1. The summed E-state index contributed by atoms with van der Waals surface area (Å²) >= 11 is 5.66. The zero-order chi connectivity index (χ0) is 19.7. The van der Waals surface area contributed by atoms with Crippen molar-refractivity contribution in [3.8, 4) is 0 Å². The number of halogens is 3. The Kier molecular flexibility index (Phi) is 5.04. The van der Waals surface area contributed by atoms with Crippen molar-refractivity contribution >= 4 is 40.5 Å². The van der Waals surface area contributed by atoms with Gasteiger partial charge < -0.3 is 10.2 Å². The van der Waals surface area contributed by atoms with Crippen LogP contribution in [0.25, 0.3) is 0 Å². The van der Waals surface area contributed by atoms with Crippen molar-refractivity contribution in [2.24, 2.45) is 5.92 Å². The van der Waals surface area contributed by atoms with Gasteiger partial charge in [-0.3, -0.25) is 19.7 Å². The second-order valence-electron chi connectivity index (χ2n) is 5.89. The molecule has 0 aromatic heterocycles. The van der Waals surface area contributed by atoms with Crippen LogP contribution in [0.15, 0.2) is 36.4 Å². The third-order valence-corrected chi connectivity index (χ3v) is 4.44. The van der Waals surface area contributed by atoms with Crippen molar-refractivity contribution in [1.29, 1.82) is 0 Å². The molecule has 2 amide bonds. The van der Waals surface area contributed by atoms with Gasteiger partial charge in [0.15, 0.2) is 5.82 Å². The number of benzene rings is 2. The van der Waals surface area contributed by atoms with Gasteiger partial charge in [-0.2, -0.15) is 4.39 Å². The number of hydrogen-bond acceptors (Lipinski definition) is 4. The normalized spacial score (nSPS) is 16.5. The first-order valence-corrected chi connectivity index (χ1v) is 8.15. The van der Waals surface area contributed by atoms with E-state index < -0.39 is 40.0 Å². The summed E-state index contributed by atoms with van der Waals surface area (Å²) in [5, 5.41) is 13.1. The first-order valence-electron chi connectivity index (χ1n) is 7.77. The van der Waals surface area contributed by atoms with Crippen LogP contribution in [0, 0.1) is 27.7 Å². The monoisotopic (exact) mass is 395 g/mol. The summed E-state index contributed by atoms with van der Waals surface area (Å²) in [5.74, 6) is -3.67. The predicted molar refractivity (Wildman–Crippen MR) is 93.6 cm³/mol. The SMILES string of the molecule is O=C(Nc1cccc(Cl)c1F)C1CC(=O)N(c2ccc(F)c([N+](=O)[O-])c2)C1. The van der Waals surface area contributed by atoms with Crippen LogP contribution in [0.4, 0.5) is 25.8 Å². The van der Waals surface area contributed by atoms with E-state index in [0.29, 0.717) is 0 Å². The van der Waals surface area contributed by atoms with E-state index in [2.05, 4.69) is 5.32 Å². The van der Waals surface area contributed by atoms with Gasteiger partial charge in [0.1, 0.15) is 0 Å². The van der Waals surface area contributed by atoms with E-state index in [1.165, 1.54) is 24.3 Å². The standard InChI is InChI=1S/C17H12ClF2N3O4/c18-11-2-1-3-13(16(11)20)21-17(25)9-6-15(24)22(8-9)10-4-5-12(19)14(7-10)23(26)27/h1-5,7,9H,6,8H2,(H,21,25). The summed E-state index contributed by atoms with van der Waals surface area (Å²) in [5.41, 5.74) is -0.776. The maximum Gasteiger partial charge on any atom is 0.306 e. The van der Waals surface area contributed by atoms with Crippen molar-refractivity contribution in [3.05, 3.63) is 63.2 Å². The Labute approximate surface area is 156 Å². The lowest BCUT2D eigenvalue weighted by atomic mass is 10.1. The molecule has 0 spiro atoms. The van der Waals surface area contributed by atoms with Gasteiger partial charge in [0.2, 0.25) is 17.6 Å². The van der Waals surface area contributed by atoms with Crippen LogP contribution in [-0.4, -0.2) is 23.3 Å². The van der Waals surface area contributed by atoms with Crippen molar-refractivity contribution in [3.63, 3.8) is 0 Å². The summed E-state index contributed by atoms with van der Waals surface area (Å²) in [6, 6.07) is 7.16. The Bertz CT molecular complexity index is 954. The van der Waals surface area contributed by atoms with Crippen LogP contribution in [0.5, 0.6) is 0 Å². The lowest BCUT2D eigenvalue weighted by molar-refractivity contribution is -0.387. The van der Waals surface area contributed by atoms with E-state index in [1.807, 2.05) is 0 Å². The van der Waals surface area contributed by atoms with Gasteiger partial charge in [-0.25, -0.2) is 4.39 Å². The molecule has 1 fully saturated rings. The molecular formula is C17H12ClF2N3O4. The fourth-order valence-corrected chi connectivity index (χ4v) is 2.95. The number of nitro groups is 1. The third-order valence-electron chi connectivity index (χ3n) is 4.14. The van der Waals surface area contributed by atoms with E-state index in [1.54, 1.807) is 0 Å². The number of amides is 2. The maximum absolute atomic E-state index is 13.9. The van der Waals surface area contributed by atoms with Gasteiger partial charge in [0, 0.05) is 19.0 Å². The highest BCUT2D eigenvalue weighted by Crippen LogP contribution is 2.30. The molecule has 7 nitrogen and oxygen atoms in total. The fourth-order valence-electron chi connectivity index (χ4n) is 2.78. The van der Waals surface area contributed by atoms with E-state index in [0.717, 1.165) is 17.0 Å². The molecule has 1 heterocycles. The van der Waals surface area contributed by atoms with E-state index >= 15 is 0 Å². The van der Waals surface area contributed by atoms with Crippen LogP contribution >= 0.6 is 11.6 Å². The second kappa shape index (κ2) is 7.28. The highest BCUT2D eigenvalue weighted by atomic mass is 35.5. The number of rotatable bonds is 4. The first kappa shape index (κ1) is 18.7. The number of nitro benzene ring substituents is 1. The minimum absolute atomic E-state index is 0.0738. The van der Waals surface area contributed by atoms with Crippen molar-refractivity contribution < 1.29 is 23.3 Å². The van der Waals surface area contributed by atoms with Gasteiger partial charge in [-0.1, -0.05) is 17.7 Å². The molecule has 10 heteroatoms. The molecule has 0 saturated carbocycles. The molecule has 1 aliphatic heterocycles. The molecule has 27 heavy (non-hydrogen) atoms. The average Bonchev–Trinajstić information content (AvgIpc) is 3.01. The van der Waals surface area contributed by atoms with Gasteiger partial charge >= 0.3 is 5.69 Å². The van der Waals surface area contributed by atoms with Crippen LogP contribution < -0.4 is 10.2 Å². The molecule has 1 saturated heterocycles. The van der Waals surface area contributed by atoms with Crippen LogP contribution in [0.3, 0.4) is 0 Å². The highest BCUT2D eigenvalue weighted by molar-refractivity contribution is 6.31. The molecule has 2 aromatic carbocycles. The predicted octanol–water partition coefficient (Wildman–Crippen LogP) is 3.52. The fraction of sp³-hybridized carbons (Fsp3) is 0.176. The molecule has 0 bridgehead atoms. The number of anilines is 2. The number of carbonyl (C=O) groups excluding carboxylic acids is 2. The van der Waals surface area contributed by atoms with Crippen LogP contribution in [0.2, 0.25) is 5.02 Å². The van der Waals surface area contributed by atoms with Crippen molar-refractivity contribution in [2.45, 2.75) is 6.42 Å². The first-order chi connectivity index (χ1) is 12.8. The van der Waals surface area contributed by atoms with E-state index in [-0.39, 0.29) is 29.4 Å². The topological polar surface area (TPSA) is 92.6 Å². The van der Waals surface area contributed by atoms with E-state index in [4.69, 9.17) is 11.6 Å². The molecule has 3 rings (SSSR count). The Morgan fingerprint density at radius 2 is 2.04 bits per heavy atom. The van der Waals surface area contributed by atoms with Gasteiger partial charge in [0.25, 0.3) is 0 Å². The Balaban J connectivity index is 1.77. The summed E-state index contributed by atoms with van der Waals surface area (Å²) in [7, 11) is 0. The smallest absolute Gasteiger partial charge is 0.306 e. The van der Waals surface area contributed by atoms with E-state index in [9.17, 15) is 28.5 Å². The quantitative estimate of drug-likeness (QED) is 0.633. The van der Waals surface area contributed by atoms with Crippen molar-refractivity contribution in [2.75, 3.05) is 16.8 Å². The minimum Gasteiger partial charge on any atom is -0.323 e. The lowest BCUT2D eigenvalue weighted by Crippen LogP contribution is -2.28. The minimum atomic E-state index is -1.03. The van der Waals surface area contributed by atoms with Crippen molar-refractivity contribution in [1.82, 2.24) is 0 Å². The average molecular weight is 396 g/mol. The van der Waals surface area contributed by atoms with Crippen LogP contribution in [0.1, 0.15) is 6.42 Å². The zero-order valence-corrected chi connectivity index (χ0v) is 14.4. The Morgan fingerprint density at radius 3 is 2.74 bits per heavy atom. The van der Waals surface area contributed by atoms with Crippen LogP contribution in [-0.2, 0) is 9.59 Å². The molecule has 2 aromatic rings. The highest BCUT2D eigenvalue weighted by Gasteiger charge is 2.36. The summed E-state index contributed by atoms with van der Waals surface area (Å²) < 4.78 is 27.4. The molecular weight excluding hydrogens is 384 g/mol. The number of nitrogens with zero attached hydrogens (tertiary/aromatic N) is 2.